The third kappa shape index (κ3) is 6.60. The molecule has 2 N–H and O–H groups in total. The standard InChI is InChI=1S/C16H20ClN3O6/c1-4-9(2)19-15(23)16(24)20-18-7-10-5-11(17)14(12(6-10)25-3)26-8-13(21)22/h5-7,9H,4,8H2,1-3H3,(H,19,23)(H,20,24)(H,21,22)/p-1/b18-7-/t9-/m0/s1. The monoisotopic (exact) mass is 384 g/mol. The summed E-state index contributed by atoms with van der Waals surface area (Å²) in [6.07, 6.45) is 1.93. The van der Waals surface area contributed by atoms with Gasteiger partial charge in [-0.25, -0.2) is 5.43 Å². The Bertz CT molecular complexity index is 707. The zero-order valence-corrected chi connectivity index (χ0v) is 15.3. The second kappa shape index (κ2) is 10.2. The maximum absolute atomic E-state index is 11.6. The van der Waals surface area contributed by atoms with E-state index in [1.165, 1.54) is 25.5 Å². The third-order valence-electron chi connectivity index (χ3n) is 3.16. The molecule has 1 atom stereocenters. The Morgan fingerprint density at radius 3 is 2.62 bits per heavy atom. The number of rotatable bonds is 8. The molecular formula is C16H19ClN3O6-. The minimum Gasteiger partial charge on any atom is -0.546 e. The summed E-state index contributed by atoms with van der Waals surface area (Å²) in [7, 11) is 1.35. The van der Waals surface area contributed by atoms with E-state index < -0.39 is 24.4 Å². The van der Waals surface area contributed by atoms with Crippen LogP contribution in [0.5, 0.6) is 11.5 Å². The number of carboxylic acids is 1. The molecule has 1 rings (SSSR count). The van der Waals surface area contributed by atoms with Crippen LogP contribution in [0.25, 0.3) is 0 Å². The lowest BCUT2D eigenvalue weighted by molar-refractivity contribution is -0.307. The summed E-state index contributed by atoms with van der Waals surface area (Å²) in [5.41, 5.74) is 2.52. The highest BCUT2D eigenvalue weighted by Crippen LogP contribution is 2.35. The summed E-state index contributed by atoms with van der Waals surface area (Å²) in [5, 5.41) is 16.7. The van der Waals surface area contributed by atoms with Gasteiger partial charge in [0.25, 0.3) is 0 Å². The Hall–Kier alpha value is -2.81. The average Bonchev–Trinajstić information content (AvgIpc) is 2.59. The minimum absolute atomic E-state index is 0.0347. The molecule has 0 unspecified atom stereocenters. The van der Waals surface area contributed by atoms with E-state index in [1.54, 1.807) is 6.92 Å². The van der Waals surface area contributed by atoms with Gasteiger partial charge in [0.15, 0.2) is 11.5 Å². The van der Waals surface area contributed by atoms with Crippen molar-refractivity contribution >= 4 is 35.6 Å². The van der Waals surface area contributed by atoms with Gasteiger partial charge in [0.05, 0.1) is 24.3 Å². The molecule has 0 bridgehead atoms. The van der Waals surface area contributed by atoms with Crippen LogP contribution in [0, 0.1) is 0 Å². The molecule has 142 valence electrons. The summed E-state index contributed by atoms with van der Waals surface area (Å²) in [5.74, 6) is -2.91. The number of nitrogens with one attached hydrogen (secondary N) is 2. The van der Waals surface area contributed by atoms with Gasteiger partial charge in [-0.15, -0.1) is 0 Å². The van der Waals surface area contributed by atoms with Gasteiger partial charge in [-0.3, -0.25) is 9.59 Å². The topological polar surface area (TPSA) is 129 Å². The second-order valence-electron chi connectivity index (χ2n) is 5.18. The number of benzene rings is 1. The molecule has 0 heterocycles. The molecule has 2 amide bonds. The van der Waals surface area contributed by atoms with Gasteiger partial charge in [0.2, 0.25) is 0 Å². The largest absolute Gasteiger partial charge is 0.546 e. The van der Waals surface area contributed by atoms with Crippen LogP contribution in [-0.2, 0) is 14.4 Å². The van der Waals surface area contributed by atoms with Crippen LogP contribution < -0.4 is 25.3 Å². The number of hydrogen-bond donors (Lipinski definition) is 2. The number of halogens is 1. The maximum atomic E-state index is 11.6. The van der Waals surface area contributed by atoms with E-state index in [1.807, 2.05) is 6.92 Å². The van der Waals surface area contributed by atoms with Gasteiger partial charge in [-0.1, -0.05) is 18.5 Å². The fourth-order valence-corrected chi connectivity index (χ4v) is 1.97. The molecule has 0 saturated heterocycles. The van der Waals surface area contributed by atoms with E-state index in [-0.39, 0.29) is 22.6 Å². The van der Waals surface area contributed by atoms with Crippen LogP contribution in [0.2, 0.25) is 5.02 Å². The molecule has 1 aromatic carbocycles. The Morgan fingerprint density at radius 2 is 2.04 bits per heavy atom. The fraction of sp³-hybridized carbons (Fsp3) is 0.375. The fourth-order valence-electron chi connectivity index (χ4n) is 1.69. The van der Waals surface area contributed by atoms with Crippen molar-refractivity contribution < 1.29 is 29.0 Å². The van der Waals surface area contributed by atoms with Crippen molar-refractivity contribution in [1.82, 2.24) is 10.7 Å². The first-order valence-corrected chi connectivity index (χ1v) is 8.00. The normalized spacial score (nSPS) is 11.7. The first kappa shape index (κ1) is 21.2. The third-order valence-corrected chi connectivity index (χ3v) is 3.44. The molecule has 0 aromatic heterocycles. The first-order valence-electron chi connectivity index (χ1n) is 7.62. The molecular weight excluding hydrogens is 366 g/mol. The predicted octanol–water partition coefficient (Wildman–Crippen LogP) is -0.158. The van der Waals surface area contributed by atoms with Crippen molar-refractivity contribution in [3.8, 4) is 11.5 Å². The van der Waals surface area contributed by atoms with Crippen molar-refractivity contribution in [3.63, 3.8) is 0 Å². The van der Waals surface area contributed by atoms with Crippen LogP contribution in [0.4, 0.5) is 0 Å². The van der Waals surface area contributed by atoms with Gasteiger partial charge in [0.1, 0.15) is 6.61 Å². The second-order valence-corrected chi connectivity index (χ2v) is 5.58. The molecule has 26 heavy (non-hydrogen) atoms. The van der Waals surface area contributed by atoms with E-state index >= 15 is 0 Å². The molecule has 1 aromatic rings. The van der Waals surface area contributed by atoms with E-state index in [9.17, 15) is 19.5 Å². The number of hydrogen-bond acceptors (Lipinski definition) is 7. The summed E-state index contributed by atoms with van der Waals surface area (Å²) >= 11 is 6.03. The Morgan fingerprint density at radius 1 is 1.35 bits per heavy atom. The van der Waals surface area contributed by atoms with Crippen molar-refractivity contribution in [2.45, 2.75) is 26.3 Å². The van der Waals surface area contributed by atoms with Crippen molar-refractivity contribution in [2.75, 3.05) is 13.7 Å². The number of aliphatic carboxylic acids is 1. The van der Waals surface area contributed by atoms with Gasteiger partial charge in [-0.2, -0.15) is 5.10 Å². The molecule has 0 aliphatic carbocycles. The summed E-state index contributed by atoms with van der Waals surface area (Å²) in [6.45, 7) is 2.95. The molecule has 10 heteroatoms. The lowest BCUT2D eigenvalue weighted by Crippen LogP contribution is -2.41. The quantitative estimate of drug-likeness (QED) is 0.364. The lowest BCUT2D eigenvalue weighted by Gasteiger charge is -2.13. The number of nitrogens with zero attached hydrogens (tertiary/aromatic N) is 1. The maximum Gasteiger partial charge on any atom is 0.329 e. The molecule has 0 spiro atoms. The van der Waals surface area contributed by atoms with E-state index in [0.717, 1.165) is 0 Å². The highest BCUT2D eigenvalue weighted by molar-refractivity contribution is 6.35. The summed E-state index contributed by atoms with van der Waals surface area (Å²) in [4.78, 5) is 33.7. The smallest absolute Gasteiger partial charge is 0.329 e. The van der Waals surface area contributed by atoms with E-state index in [0.29, 0.717) is 12.0 Å². The van der Waals surface area contributed by atoms with Crippen molar-refractivity contribution in [1.29, 1.82) is 0 Å². The zero-order valence-electron chi connectivity index (χ0n) is 14.5. The number of amides is 2. The summed E-state index contributed by atoms with van der Waals surface area (Å²) < 4.78 is 10.1. The van der Waals surface area contributed by atoms with Crippen LogP contribution >= 0.6 is 11.6 Å². The van der Waals surface area contributed by atoms with Gasteiger partial charge < -0.3 is 24.7 Å². The number of carboxylic acid groups (broad SMARTS) is 1. The van der Waals surface area contributed by atoms with Gasteiger partial charge in [-0.05, 0) is 31.0 Å². The van der Waals surface area contributed by atoms with E-state index in [4.69, 9.17) is 21.1 Å². The zero-order chi connectivity index (χ0) is 19.7. The average molecular weight is 385 g/mol. The van der Waals surface area contributed by atoms with E-state index in [2.05, 4.69) is 15.8 Å². The molecule has 0 aliphatic heterocycles. The number of methoxy groups -OCH3 is 1. The van der Waals surface area contributed by atoms with Gasteiger partial charge >= 0.3 is 11.8 Å². The van der Waals surface area contributed by atoms with Crippen LogP contribution in [0.15, 0.2) is 17.2 Å². The SMILES string of the molecule is CC[C@H](C)NC(=O)C(=O)N/N=C\c1cc(Cl)c(OCC(=O)[O-])c(OC)c1. The molecule has 0 fully saturated rings. The number of ether oxygens (including phenoxy) is 2. The highest BCUT2D eigenvalue weighted by Gasteiger charge is 2.15. The molecule has 0 saturated carbocycles. The van der Waals surface area contributed by atoms with Crippen LogP contribution in [0.3, 0.4) is 0 Å². The number of carbonyl (C=O) groups excluding carboxylic acids is 3. The molecule has 0 radical (unpaired) electrons. The Labute approximate surface area is 155 Å². The van der Waals surface area contributed by atoms with Crippen LogP contribution in [0.1, 0.15) is 25.8 Å². The van der Waals surface area contributed by atoms with Gasteiger partial charge in [0, 0.05) is 6.04 Å². The minimum atomic E-state index is -1.41. The van der Waals surface area contributed by atoms with Crippen molar-refractivity contribution in [2.24, 2.45) is 5.10 Å². The number of hydrazone groups is 1. The summed E-state index contributed by atoms with van der Waals surface area (Å²) in [6, 6.07) is 2.75. The first-order chi connectivity index (χ1) is 12.3. The van der Waals surface area contributed by atoms with Crippen molar-refractivity contribution in [3.05, 3.63) is 22.7 Å². The Balaban J connectivity index is 2.79. The number of carbonyl (C=O) groups is 3. The molecule has 9 nitrogen and oxygen atoms in total. The lowest BCUT2D eigenvalue weighted by atomic mass is 10.2. The predicted molar refractivity (Wildman–Crippen MR) is 92.1 cm³/mol. The van der Waals surface area contributed by atoms with Crippen LogP contribution in [-0.4, -0.2) is 43.8 Å². The Kier molecular flexibility index (Phi) is 8.36. The highest BCUT2D eigenvalue weighted by atomic mass is 35.5. The molecule has 0 aliphatic rings.